The second kappa shape index (κ2) is 7.23. The molecule has 0 aliphatic carbocycles. The summed E-state index contributed by atoms with van der Waals surface area (Å²) in [5.74, 6) is 0.630. The predicted molar refractivity (Wildman–Crippen MR) is 101 cm³/mol. The molecule has 1 atom stereocenters. The number of aromatic nitrogens is 2. The number of carbonyl (C=O) groups excluding carboxylic acids is 1. The molecule has 0 saturated carbocycles. The van der Waals surface area contributed by atoms with E-state index in [0.29, 0.717) is 18.3 Å². The number of carbonyl (C=O) groups is 1. The van der Waals surface area contributed by atoms with Gasteiger partial charge in [0.2, 0.25) is 5.82 Å². The van der Waals surface area contributed by atoms with Gasteiger partial charge in [-0.25, -0.2) is 0 Å². The number of nitrogens with zero attached hydrogens (tertiary/aromatic N) is 2. The van der Waals surface area contributed by atoms with Crippen molar-refractivity contribution in [2.45, 2.75) is 32.3 Å². The van der Waals surface area contributed by atoms with Crippen molar-refractivity contribution in [1.29, 1.82) is 0 Å². The van der Waals surface area contributed by atoms with Crippen LogP contribution in [0.1, 0.15) is 42.7 Å². The fourth-order valence-corrected chi connectivity index (χ4v) is 3.18. The van der Waals surface area contributed by atoms with E-state index >= 15 is 0 Å². The molecule has 2 aromatic carbocycles. The van der Waals surface area contributed by atoms with E-state index in [-0.39, 0.29) is 24.4 Å². The van der Waals surface area contributed by atoms with Gasteiger partial charge in [0.1, 0.15) is 5.92 Å². The van der Waals surface area contributed by atoms with Crippen LogP contribution in [0.25, 0.3) is 11.4 Å². The summed E-state index contributed by atoms with van der Waals surface area (Å²) in [6.45, 7) is 4.80. The van der Waals surface area contributed by atoms with Gasteiger partial charge >= 0.3 is 5.97 Å². The van der Waals surface area contributed by atoms with E-state index < -0.39 is 0 Å². The summed E-state index contributed by atoms with van der Waals surface area (Å²) >= 11 is 0. The van der Waals surface area contributed by atoms with Gasteiger partial charge in [0.05, 0.1) is 0 Å². The Morgan fingerprint density at radius 1 is 1.22 bits per heavy atom. The third-order valence-corrected chi connectivity index (χ3v) is 4.76. The van der Waals surface area contributed by atoms with E-state index in [9.17, 15) is 4.79 Å². The Bertz CT molecular complexity index is 947. The standard InChI is InChI=1S/C21H21N3O3/c1-13(2)14-7-9-15(10-8-14)20-23-19(27-24-20)12-26-21(25)17-11-22-18-6-4-3-5-16(17)18/h3-10,13,17,22H,11-12H2,1-2H3. The molecule has 1 aliphatic heterocycles. The second-order valence-corrected chi connectivity index (χ2v) is 6.92. The van der Waals surface area contributed by atoms with Crippen molar-refractivity contribution in [1.82, 2.24) is 10.1 Å². The Morgan fingerprint density at radius 2 is 2.00 bits per heavy atom. The van der Waals surface area contributed by atoms with Gasteiger partial charge in [-0.15, -0.1) is 0 Å². The highest BCUT2D eigenvalue weighted by atomic mass is 16.6. The molecule has 0 radical (unpaired) electrons. The Balaban J connectivity index is 1.39. The maximum Gasteiger partial charge on any atom is 0.315 e. The minimum Gasteiger partial charge on any atom is -0.455 e. The summed E-state index contributed by atoms with van der Waals surface area (Å²) in [6, 6.07) is 15.8. The summed E-state index contributed by atoms with van der Waals surface area (Å²) in [5.41, 5.74) is 4.06. The number of nitrogens with one attached hydrogen (secondary N) is 1. The van der Waals surface area contributed by atoms with Crippen molar-refractivity contribution in [2.75, 3.05) is 11.9 Å². The molecule has 3 aromatic rings. The molecule has 4 rings (SSSR count). The summed E-state index contributed by atoms with van der Waals surface area (Å²) in [6.07, 6.45) is 0. The van der Waals surface area contributed by atoms with Crippen LogP contribution < -0.4 is 5.32 Å². The monoisotopic (exact) mass is 363 g/mol. The summed E-state index contributed by atoms with van der Waals surface area (Å²) in [5, 5.41) is 7.20. The fraction of sp³-hybridized carbons (Fsp3) is 0.286. The lowest BCUT2D eigenvalue weighted by Crippen LogP contribution is -2.17. The highest BCUT2D eigenvalue weighted by molar-refractivity contribution is 5.83. The zero-order chi connectivity index (χ0) is 18.8. The van der Waals surface area contributed by atoms with Gasteiger partial charge in [-0.3, -0.25) is 4.79 Å². The van der Waals surface area contributed by atoms with Crippen molar-refractivity contribution < 1.29 is 14.1 Å². The average Bonchev–Trinajstić information content (AvgIpc) is 3.33. The first-order valence-corrected chi connectivity index (χ1v) is 9.04. The molecule has 2 heterocycles. The molecule has 1 aromatic heterocycles. The molecule has 0 bridgehead atoms. The normalized spacial score (nSPS) is 15.4. The van der Waals surface area contributed by atoms with Gasteiger partial charge in [-0.1, -0.05) is 61.5 Å². The first-order chi connectivity index (χ1) is 13.1. The average molecular weight is 363 g/mol. The second-order valence-electron chi connectivity index (χ2n) is 6.92. The van der Waals surface area contributed by atoms with Crippen molar-refractivity contribution in [3.63, 3.8) is 0 Å². The van der Waals surface area contributed by atoms with E-state index in [1.807, 2.05) is 36.4 Å². The van der Waals surface area contributed by atoms with Crippen molar-refractivity contribution in [3.8, 4) is 11.4 Å². The van der Waals surface area contributed by atoms with Crippen LogP contribution in [0.15, 0.2) is 53.1 Å². The number of para-hydroxylation sites is 1. The zero-order valence-corrected chi connectivity index (χ0v) is 15.3. The number of hydrogen-bond acceptors (Lipinski definition) is 6. The molecule has 0 spiro atoms. The van der Waals surface area contributed by atoms with Crippen molar-refractivity contribution in [3.05, 3.63) is 65.5 Å². The SMILES string of the molecule is CC(C)c1ccc(-c2noc(COC(=O)C3CNc4ccccc43)n2)cc1. The smallest absolute Gasteiger partial charge is 0.315 e. The Kier molecular flexibility index (Phi) is 4.62. The van der Waals surface area contributed by atoms with Gasteiger partial charge in [-0.2, -0.15) is 4.98 Å². The Morgan fingerprint density at radius 3 is 2.78 bits per heavy atom. The molecule has 1 aliphatic rings. The predicted octanol–water partition coefficient (Wildman–Crippen LogP) is 4.11. The van der Waals surface area contributed by atoms with Crippen LogP contribution in [0.3, 0.4) is 0 Å². The van der Waals surface area contributed by atoms with Crippen LogP contribution in [0.4, 0.5) is 5.69 Å². The molecular weight excluding hydrogens is 342 g/mol. The molecule has 1 unspecified atom stereocenters. The molecule has 0 saturated heterocycles. The van der Waals surface area contributed by atoms with Crippen LogP contribution in [0.2, 0.25) is 0 Å². The number of hydrogen-bond donors (Lipinski definition) is 1. The van der Waals surface area contributed by atoms with E-state index in [0.717, 1.165) is 16.8 Å². The number of fused-ring (bicyclic) bond motifs is 1. The van der Waals surface area contributed by atoms with Crippen molar-refractivity contribution >= 4 is 11.7 Å². The Hall–Kier alpha value is -3.15. The van der Waals surface area contributed by atoms with Gasteiger partial charge in [0.25, 0.3) is 5.89 Å². The van der Waals surface area contributed by atoms with E-state index in [4.69, 9.17) is 9.26 Å². The number of ether oxygens (including phenoxy) is 1. The largest absolute Gasteiger partial charge is 0.455 e. The van der Waals surface area contributed by atoms with E-state index in [2.05, 4.69) is 41.4 Å². The van der Waals surface area contributed by atoms with Gasteiger partial charge in [-0.05, 0) is 23.1 Å². The molecule has 27 heavy (non-hydrogen) atoms. The molecule has 1 N–H and O–H groups in total. The quantitative estimate of drug-likeness (QED) is 0.687. The molecular formula is C21H21N3O3. The van der Waals surface area contributed by atoms with Crippen LogP contribution in [0.5, 0.6) is 0 Å². The third kappa shape index (κ3) is 3.56. The number of anilines is 1. The molecule has 0 fully saturated rings. The highest BCUT2D eigenvalue weighted by Gasteiger charge is 2.29. The number of benzene rings is 2. The first-order valence-electron chi connectivity index (χ1n) is 9.04. The Labute approximate surface area is 157 Å². The van der Waals surface area contributed by atoms with Gasteiger partial charge < -0.3 is 14.6 Å². The molecule has 138 valence electrons. The third-order valence-electron chi connectivity index (χ3n) is 4.76. The van der Waals surface area contributed by atoms with Crippen molar-refractivity contribution in [2.24, 2.45) is 0 Å². The van der Waals surface area contributed by atoms with Crippen LogP contribution in [-0.2, 0) is 16.1 Å². The van der Waals surface area contributed by atoms with Crippen LogP contribution in [-0.4, -0.2) is 22.7 Å². The lowest BCUT2D eigenvalue weighted by molar-refractivity contribution is -0.147. The first kappa shape index (κ1) is 17.3. The number of esters is 1. The minimum atomic E-state index is -0.313. The van der Waals surface area contributed by atoms with E-state index in [1.54, 1.807) is 0 Å². The lowest BCUT2D eigenvalue weighted by Gasteiger charge is -2.08. The van der Waals surface area contributed by atoms with Crippen LogP contribution >= 0.6 is 0 Å². The topological polar surface area (TPSA) is 77.2 Å². The molecule has 6 nitrogen and oxygen atoms in total. The minimum absolute atomic E-state index is 0.0332. The fourth-order valence-electron chi connectivity index (χ4n) is 3.18. The maximum atomic E-state index is 12.4. The zero-order valence-electron chi connectivity index (χ0n) is 15.3. The van der Waals surface area contributed by atoms with Gasteiger partial charge in [0.15, 0.2) is 6.61 Å². The molecule has 6 heteroatoms. The number of rotatable bonds is 5. The van der Waals surface area contributed by atoms with Gasteiger partial charge in [0, 0.05) is 17.8 Å². The summed E-state index contributed by atoms with van der Waals surface area (Å²) in [7, 11) is 0. The summed E-state index contributed by atoms with van der Waals surface area (Å²) in [4.78, 5) is 16.7. The highest BCUT2D eigenvalue weighted by Crippen LogP contribution is 2.32. The van der Waals surface area contributed by atoms with Crippen LogP contribution in [0, 0.1) is 0 Å². The molecule has 0 amide bonds. The lowest BCUT2D eigenvalue weighted by atomic mass is 10.0. The maximum absolute atomic E-state index is 12.4. The van der Waals surface area contributed by atoms with E-state index in [1.165, 1.54) is 5.56 Å². The summed E-state index contributed by atoms with van der Waals surface area (Å²) < 4.78 is 10.6.